The van der Waals surface area contributed by atoms with Gasteiger partial charge in [0.1, 0.15) is 5.60 Å². The zero-order chi connectivity index (χ0) is 11.2. The third-order valence-corrected chi connectivity index (χ3v) is 2.78. The predicted molar refractivity (Wildman–Crippen MR) is 60.1 cm³/mol. The molecule has 0 aromatic carbocycles. The molecular formula is C12H26O2. The molecule has 14 heavy (non-hydrogen) atoms. The lowest BCUT2D eigenvalue weighted by Gasteiger charge is -2.29. The van der Waals surface area contributed by atoms with Gasteiger partial charge in [-0.05, 0) is 33.1 Å². The molecule has 0 aromatic heterocycles. The van der Waals surface area contributed by atoms with E-state index in [1.54, 1.807) is 0 Å². The van der Waals surface area contributed by atoms with Gasteiger partial charge >= 0.3 is 0 Å². The first-order chi connectivity index (χ1) is 6.40. The van der Waals surface area contributed by atoms with Gasteiger partial charge in [-0.25, -0.2) is 9.78 Å². The fraction of sp³-hybridized carbons (Fsp3) is 1.00. The third kappa shape index (κ3) is 5.61. The van der Waals surface area contributed by atoms with Crippen LogP contribution < -0.4 is 0 Å². The van der Waals surface area contributed by atoms with Crippen LogP contribution in [0, 0.1) is 5.92 Å². The molecule has 0 rings (SSSR count). The zero-order valence-corrected chi connectivity index (χ0v) is 10.6. The van der Waals surface area contributed by atoms with E-state index in [1.165, 1.54) is 12.8 Å². The van der Waals surface area contributed by atoms with E-state index in [-0.39, 0.29) is 11.7 Å². The molecule has 2 nitrogen and oxygen atoms in total. The van der Waals surface area contributed by atoms with E-state index in [2.05, 4.69) is 41.5 Å². The quantitative estimate of drug-likeness (QED) is 0.460. The van der Waals surface area contributed by atoms with Crippen molar-refractivity contribution in [1.82, 2.24) is 0 Å². The normalized spacial score (nSPS) is 14.8. The summed E-state index contributed by atoms with van der Waals surface area (Å²) in [7, 11) is 0. The Labute approximate surface area is 88.9 Å². The van der Waals surface area contributed by atoms with Crippen LogP contribution in [0.3, 0.4) is 0 Å². The van der Waals surface area contributed by atoms with Crippen molar-refractivity contribution < 1.29 is 9.78 Å². The van der Waals surface area contributed by atoms with Crippen molar-refractivity contribution in [1.29, 1.82) is 0 Å². The van der Waals surface area contributed by atoms with Crippen LogP contribution in [-0.4, -0.2) is 11.7 Å². The number of rotatable bonds is 7. The van der Waals surface area contributed by atoms with Gasteiger partial charge in [-0.2, -0.15) is 0 Å². The van der Waals surface area contributed by atoms with Crippen LogP contribution in [0.5, 0.6) is 0 Å². The molecule has 0 amide bonds. The summed E-state index contributed by atoms with van der Waals surface area (Å²) in [6, 6.07) is 0. The fourth-order valence-corrected chi connectivity index (χ4v) is 0.842. The number of unbranched alkanes of at least 4 members (excludes halogenated alkanes) is 1. The second-order valence-electron chi connectivity index (χ2n) is 4.89. The van der Waals surface area contributed by atoms with Crippen LogP contribution in [-0.2, 0) is 9.78 Å². The second-order valence-corrected chi connectivity index (χ2v) is 4.89. The Morgan fingerprint density at radius 2 is 1.71 bits per heavy atom. The molecule has 0 aromatic rings. The van der Waals surface area contributed by atoms with Gasteiger partial charge in [-0.1, -0.05) is 33.6 Å². The molecule has 0 N–H and O–H groups in total. The summed E-state index contributed by atoms with van der Waals surface area (Å²) < 4.78 is 0. The lowest BCUT2D eigenvalue weighted by atomic mass is 9.95. The lowest BCUT2D eigenvalue weighted by molar-refractivity contribution is -0.383. The van der Waals surface area contributed by atoms with Gasteiger partial charge < -0.3 is 0 Å². The molecule has 0 spiro atoms. The average molecular weight is 202 g/mol. The van der Waals surface area contributed by atoms with Gasteiger partial charge in [0.05, 0.1) is 6.10 Å². The zero-order valence-electron chi connectivity index (χ0n) is 10.6. The Hall–Kier alpha value is -0.0800. The molecule has 0 aliphatic rings. The molecule has 0 radical (unpaired) electrons. The van der Waals surface area contributed by atoms with E-state index in [0.717, 1.165) is 6.42 Å². The largest absolute Gasteiger partial charge is 0.233 e. The Morgan fingerprint density at radius 3 is 2.14 bits per heavy atom. The first kappa shape index (κ1) is 13.9. The molecule has 0 heterocycles. The highest BCUT2D eigenvalue weighted by Gasteiger charge is 2.25. The molecule has 0 saturated carbocycles. The van der Waals surface area contributed by atoms with E-state index >= 15 is 0 Å². The molecule has 0 bridgehead atoms. The minimum absolute atomic E-state index is 0.194. The summed E-state index contributed by atoms with van der Waals surface area (Å²) >= 11 is 0. The molecule has 2 heteroatoms. The highest BCUT2D eigenvalue weighted by molar-refractivity contribution is 4.70. The van der Waals surface area contributed by atoms with Crippen molar-refractivity contribution in [3.63, 3.8) is 0 Å². The Balaban J connectivity index is 3.70. The maximum absolute atomic E-state index is 5.45. The standard InChI is InChI=1S/C12H26O2/c1-7-8-9-11(4)13-14-12(5,6)10(2)3/h10-11H,7-9H2,1-6H3. The summed E-state index contributed by atoms with van der Waals surface area (Å²) in [5.41, 5.74) is -0.194. The SMILES string of the molecule is CCCCC(C)OOC(C)(C)C(C)C. The first-order valence-electron chi connectivity index (χ1n) is 5.74. The van der Waals surface area contributed by atoms with Crippen molar-refractivity contribution in [3.8, 4) is 0 Å². The minimum Gasteiger partial charge on any atom is -0.233 e. The van der Waals surface area contributed by atoms with Crippen molar-refractivity contribution in [2.75, 3.05) is 0 Å². The van der Waals surface area contributed by atoms with Gasteiger partial charge in [0.15, 0.2) is 0 Å². The first-order valence-corrected chi connectivity index (χ1v) is 5.74. The molecule has 0 aliphatic heterocycles. The van der Waals surface area contributed by atoms with Gasteiger partial charge in [-0.15, -0.1) is 0 Å². The Bertz CT molecular complexity index is 141. The summed E-state index contributed by atoms with van der Waals surface area (Å²) in [6.07, 6.45) is 3.69. The van der Waals surface area contributed by atoms with Gasteiger partial charge in [0.25, 0.3) is 0 Å². The molecule has 0 fully saturated rings. The minimum atomic E-state index is -0.194. The van der Waals surface area contributed by atoms with Crippen molar-refractivity contribution >= 4 is 0 Å². The predicted octanol–water partition coefficient (Wildman–Crippen LogP) is 3.95. The highest BCUT2D eigenvalue weighted by atomic mass is 17.2. The van der Waals surface area contributed by atoms with Gasteiger partial charge in [0, 0.05) is 0 Å². The maximum Gasteiger partial charge on any atom is 0.100 e. The van der Waals surface area contributed by atoms with Gasteiger partial charge in [0.2, 0.25) is 0 Å². The van der Waals surface area contributed by atoms with Crippen molar-refractivity contribution in [3.05, 3.63) is 0 Å². The summed E-state index contributed by atoms with van der Waals surface area (Å²) in [6.45, 7) is 12.6. The molecule has 0 saturated heterocycles. The van der Waals surface area contributed by atoms with Crippen LogP contribution in [0.1, 0.15) is 60.8 Å². The van der Waals surface area contributed by atoms with E-state index in [0.29, 0.717) is 5.92 Å². The lowest BCUT2D eigenvalue weighted by Crippen LogP contribution is -2.32. The molecule has 86 valence electrons. The Kier molecular flexibility index (Phi) is 6.38. The highest BCUT2D eigenvalue weighted by Crippen LogP contribution is 2.21. The second kappa shape index (κ2) is 6.41. The van der Waals surface area contributed by atoms with Crippen LogP contribution in [0.2, 0.25) is 0 Å². The van der Waals surface area contributed by atoms with Crippen LogP contribution in [0.15, 0.2) is 0 Å². The molecular weight excluding hydrogens is 176 g/mol. The molecule has 0 aliphatic carbocycles. The third-order valence-electron chi connectivity index (χ3n) is 2.78. The van der Waals surface area contributed by atoms with E-state index in [1.807, 2.05) is 0 Å². The van der Waals surface area contributed by atoms with Gasteiger partial charge in [-0.3, -0.25) is 0 Å². The summed E-state index contributed by atoms with van der Waals surface area (Å²) in [5.74, 6) is 0.459. The number of hydrogen-bond donors (Lipinski definition) is 0. The Morgan fingerprint density at radius 1 is 1.14 bits per heavy atom. The van der Waals surface area contributed by atoms with Crippen LogP contribution in [0.4, 0.5) is 0 Å². The molecule has 1 unspecified atom stereocenters. The number of hydrogen-bond acceptors (Lipinski definition) is 2. The average Bonchev–Trinajstić information content (AvgIpc) is 2.11. The van der Waals surface area contributed by atoms with Crippen LogP contribution >= 0.6 is 0 Å². The van der Waals surface area contributed by atoms with E-state index < -0.39 is 0 Å². The summed E-state index contributed by atoms with van der Waals surface area (Å²) in [4.78, 5) is 10.8. The van der Waals surface area contributed by atoms with E-state index in [4.69, 9.17) is 9.78 Å². The van der Waals surface area contributed by atoms with Crippen molar-refractivity contribution in [2.24, 2.45) is 5.92 Å². The van der Waals surface area contributed by atoms with E-state index in [9.17, 15) is 0 Å². The van der Waals surface area contributed by atoms with Crippen LogP contribution in [0.25, 0.3) is 0 Å². The fourth-order valence-electron chi connectivity index (χ4n) is 0.842. The smallest absolute Gasteiger partial charge is 0.100 e. The van der Waals surface area contributed by atoms with Crippen molar-refractivity contribution in [2.45, 2.75) is 72.5 Å². The maximum atomic E-state index is 5.45. The topological polar surface area (TPSA) is 18.5 Å². The molecule has 1 atom stereocenters. The summed E-state index contributed by atoms with van der Waals surface area (Å²) in [5, 5.41) is 0. The monoisotopic (exact) mass is 202 g/mol.